The number of nitrogens with zero attached hydrogens (tertiary/aromatic N) is 3. The first-order valence-electron chi connectivity index (χ1n) is 4.85. The van der Waals surface area contributed by atoms with Gasteiger partial charge in [0, 0.05) is 18.3 Å². The molecule has 0 amide bonds. The molecule has 0 radical (unpaired) electrons. The summed E-state index contributed by atoms with van der Waals surface area (Å²) in [4.78, 5) is 0. The summed E-state index contributed by atoms with van der Waals surface area (Å²) < 4.78 is 7.00. The van der Waals surface area contributed by atoms with Gasteiger partial charge in [0.25, 0.3) is 0 Å². The van der Waals surface area contributed by atoms with Crippen LogP contribution in [0.4, 0.5) is 0 Å². The Balaban J connectivity index is 2.40. The molecule has 2 aromatic heterocycles. The third-order valence-electron chi connectivity index (χ3n) is 2.39. The number of aryl methyl sites for hydroxylation is 1. The van der Waals surface area contributed by atoms with Gasteiger partial charge in [-0.15, -0.1) is 0 Å². The van der Waals surface area contributed by atoms with Crippen LogP contribution in [0.25, 0.3) is 11.3 Å². The van der Waals surface area contributed by atoms with E-state index in [1.165, 1.54) is 0 Å². The first kappa shape index (κ1) is 9.92. The van der Waals surface area contributed by atoms with E-state index >= 15 is 0 Å². The van der Waals surface area contributed by atoms with Gasteiger partial charge in [-0.25, -0.2) is 0 Å². The highest BCUT2D eigenvalue weighted by Gasteiger charge is 2.12. The number of hydrogen-bond donors (Lipinski definition) is 1. The second-order valence-corrected chi connectivity index (χ2v) is 3.30. The van der Waals surface area contributed by atoms with Gasteiger partial charge in [0.15, 0.2) is 5.76 Å². The zero-order valence-corrected chi connectivity index (χ0v) is 8.77. The number of aliphatic hydroxyl groups is 1. The van der Waals surface area contributed by atoms with E-state index in [2.05, 4.69) is 10.3 Å². The monoisotopic (exact) mass is 207 g/mol. The van der Waals surface area contributed by atoms with E-state index in [0.717, 1.165) is 17.8 Å². The standard InChI is InChI=1S/C10H13N3O2/c1-3-13-7(2)9(5-11-13)10-4-8(6-14)12-15-10/h4-5,14H,3,6H2,1-2H3. The molecule has 5 heteroatoms. The van der Waals surface area contributed by atoms with Crippen LogP contribution in [0.15, 0.2) is 16.8 Å². The predicted molar refractivity (Wildman–Crippen MR) is 54.1 cm³/mol. The first-order chi connectivity index (χ1) is 7.26. The van der Waals surface area contributed by atoms with E-state index in [9.17, 15) is 0 Å². The lowest BCUT2D eigenvalue weighted by Crippen LogP contribution is -1.98. The minimum atomic E-state index is -0.107. The average Bonchev–Trinajstić information content (AvgIpc) is 2.83. The molecule has 1 N–H and O–H groups in total. The highest BCUT2D eigenvalue weighted by atomic mass is 16.5. The first-order valence-corrected chi connectivity index (χ1v) is 4.85. The van der Waals surface area contributed by atoms with Crippen LogP contribution in [0.5, 0.6) is 0 Å². The Hall–Kier alpha value is -1.62. The summed E-state index contributed by atoms with van der Waals surface area (Å²) in [6, 6.07) is 1.73. The second-order valence-electron chi connectivity index (χ2n) is 3.30. The molecule has 2 rings (SSSR count). The molecule has 2 heterocycles. The van der Waals surface area contributed by atoms with Crippen molar-refractivity contribution in [2.24, 2.45) is 0 Å². The summed E-state index contributed by atoms with van der Waals surface area (Å²) in [5, 5.41) is 16.8. The molecule has 0 aromatic carbocycles. The molecule has 0 aliphatic rings. The van der Waals surface area contributed by atoms with E-state index in [4.69, 9.17) is 9.63 Å². The van der Waals surface area contributed by atoms with Crippen molar-refractivity contribution in [1.29, 1.82) is 0 Å². The molecule has 0 aliphatic heterocycles. The van der Waals surface area contributed by atoms with Crippen LogP contribution in [-0.2, 0) is 13.2 Å². The summed E-state index contributed by atoms with van der Waals surface area (Å²) in [6.07, 6.45) is 1.75. The highest BCUT2D eigenvalue weighted by molar-refractivity contribution is 5.59. The maximum absolute atomic E-state index is 8.88. The lowest BCUT2D eigenvalue weighted by Gasteiger charge is -1.98. The third-order valence-corrected chi connectivity index (χ3v) is 2.39. The van der Waals surface area contributed by atoms with E-state index in [0.29, 0.717) is 11.5 Å². The summed E-state index contributed by atoms with van der Waals surface area (Å²) in [7, 11) is 0. The number of rotatable bonds is 3. The summed E-state index contributed by atoms with van der Waals surface area (Å²) in [5.41, 5.74) is 2.50. The molecule has 5 nitrogen and oxygen atoms in total. The Labute approximate surface area is 87.3 Å². The Morgan fingerprint density at radius 1 is 1.53 bits per heavy atom. The van der Waals surface area contributed by atoms with Gasteiger partial charge in [-0.05, 0) is 13.8 Å². The highest BCUT2D eigenvalue weighted by Crippen LogP contribution is 2.23. The van der Waals surface area contributed by atoms with E-state index in [1.807, 2.05) is 18.5 Å². The van der Waals surface area contributed by atoms with Gasteiger partial charge in [0.1, 0.15) is 5.69 Å². The Bertz CT molecular complexity index is 459. The number of aliphatic hydroxyl groups excluding tert-OH is 1. The van der Waals surface area contributed by atoms with Crippen molar-refractivity contribution in [3.63, 3.8) is 0 Å². The van der Waals surface area contributed by atoms with Gasteiger partial charge in [-0.3, -0.25) is 4.68 Å². The van der Waals surface area contributed by atoms with E-state index < -0.39 is 0 Å². The lowest BCUT2D eigenvalue weighted by atomic mass is 10.2. The lowest BCUT2D eigenvalue weighted by molar-refractivity contribution is 0.267. The molecule has 15 heavy (non-hydrogen) atoms. The molecular formula is C10H13N3O2. The van der Waals surface area contributed by atoms with Crippen molar-refractivity contribution in [3.05, 3.63) is 23.7 Å². The van der Waals surface area contributed by atoms with Gasteiger partial charge in [0.05, 0.1) is 18.4 Å². The molecule has 0 aliphatic carbocycles. The maximum atomic E-state index is 8.88. The minimum absolute atomic E-state index is 0.107. The number of hydrogen-bond acceptors (Lipinski definition) is 4. The van der Waals surface area contributed by atoms with Crippen molar-refractivity contribution in [2.45, 2.75) is 27.0 Å². The van der Waals surface area contributed by atoms with Gasteiger partial charge in [-0.1, -0.05) is 5.16 Å². The fourth-order valence-electron chi connectivity index (χ4n) is 1.52. The molecule has 80 valence electrons. The average molecular weight is 207 g/mol. The van der Waals surface area contributed by atoms with Crippen molar-refractivity contribution in [3.8, 4) is 11.3 Å². The topological polar surface area (TPSA) is 64.1 Å². The molecule has 0 bridgehead atoms. The van der Waals surface area contributed by atoms with Crippen LogP contribution in [-0.4, -0.2) is 20.0 Å². The fourth-order valence-corrected chi connectivity index (χ4v) is 1.52. The third kappa shape index (κ3) is 1.66. The zero-order chi connectivity index (χ0) is 10.8. The molecule has 0 saturated heterocycles. The largest absolute Gasteiger partial charge is 0.390 e. The van der Waals surface area contributed by atoms with E-state index in [-0.39, 0.29) is 6.61 Å². The van der Waals surface area contributed by atoms with Crippen LogP contribution < -0.4 is 0 Å². The smallest absolute Gasteiger partial charge is 0.170 e. The van der Waals surface area contributed by atoms with Crippen molar-refractivity contribution >= 4 is 0 Å². The van der Waals surface area contributed by atoms with E-state index in [1.54, 1.807) is 12.3 Å². The Morgan fingerprint density at radius 2 is 2.33 bits per heavy atom. The van der Waals surface area contributed by atoms with Crippen LogP contribution in [0.1, 0.15) is 18.3 Å². The van der Waals surface area contributed by atoms with Crippen LogP contribution in [0.3, 0.4) is 0 Å². The van der Waals surface area contributed by atoms with Gasteiger partial charge in [-0.2, -0.15) is 5.10 Å². The Kier molecular flexibility index (Phi) is 2.55. The van der Waals surface area contributed by atoms with Crippen LogP contribution in [0.2, 0.25) is 0 Å². The minimum Gasteiger partial charge on any atom is -0.390 e. The molecule has 0 unspecified atom stereocenters. The second kappa shape index (κ2) is 3.86. The molecule has 0 saturated carbocycles. The maximum Gasteiger partial charge on any atom is 0.170 e. The fraction of sp³-hybridized carbons (Fsp3) is 0.400. The van der Waals surface area contributed by atoms with Crippen molar-refractivity contribution in [2.75, 3.05) is 0 Å². The van der Waals surface area contributed by atoms with Crippen LogP contribution in [0, 0.1) is 6.92 Å². The van der Waals surface area contributed by atoms with Gasteiger partial charge >= 0.3 is 0 Å². The molecule has 0 fully saturated rings. The molecule has 0 atom stereocenters. The zero-order valence-electron chi connectivity index (χ0n) is 8.77. The SMILES string of the molecule is CCn1ncc(-c2cc(CO)no2)c1C. The molecule has 2 aromatic rings. The predicted octanol–water partition coefficient (Wildman–Crippen LogP) is 1.36. The number of aromatic nitrogens is 3. The van der Waals surface area contributed by atoms with Gasteiger partial charge < -0.3 is 9.63 Å². The summed E-state index contributed by atoms with van der Waals surface area (Å²) in [6.45, 7) is 4.73. The molecular weight excluding hydrogens is 194 g/mol. The van der Waals surface area contributed by atoms with Crippen molar-refractivity contribution in [1.82, 2.24) is 14.9 Å². The quantitative estimate of drug-likeness (QED) is 0.825. The normalized spacial score (nSPS) is 10.9. The summed E-state index contributed by atoms with van der Waals surface area (Å²) in [5.74, 6) is 0.649. The Morgan fingerprint density at radius 3 is 2.87 bits per heavy atom. The molecule has 0 spiro atoms. The van der Waals surface area contributed by atoms with Crippen molar-refractivity contribution < 1.29 is 9.63 Å². The van der Waals surface area contributed by atoms with Crippen LogP contribution >= 0.6 is 0 Å². The summed E-state index contributed by atoms with van der Waals surface area (Å²) >= 11 is 0. The van der Waals surface area contributed by atoms with Gasteiger partial charge in [0.2, 0.25) is 0 Å².